The van der Waals surface area contributed by atoms with Crippen LogP contribution < -0.4 is 10.4 Å². The van der Waals surface area contributed by atoms with Gasteiger partial charge in [0, 0.05) is 32.7 Å². The zero-order valence-corrected chi connectivity index (χ0v) is 19.8. The molecule has 9 heteroatoms. The first-order valence-corrected chi connectivity index (χ1v) is 11.4. The maximum absolute atomic E-state index is 13.7. The maximum atomic E-state index is 13.7. The SMILES string of the molecule is COc1ccc(CN2CCCCn3c(c4n(c3=O)CCN(C(=O)OC(C)(C)C)C4)C2=O)cc1. The molecule has 0 fully saturated rings. The molecule has 0 N–H and O–H groups in total. The van der Waals surface area contributed by atoms with Crippen LogP contribution in [0.3, 0.4) is 0 Å². The summed E-state index contributed by atoms with van der Waals surface area (Å²) in [5.74, 6) is 0.581. The summed E-state index contributed by atoms with van der Waals surface area (Å²) in [5, 5.41) is 0. The number of nitrogens with zero attached hydrogens (tertiary/aromatic N) is 4. The zero-order valence-electron chi connectivity index (χ0n) is 19.8. The van der Waals surface area contributed by atoms with Crippen LogP contribution in [0.15, 0.2) is 29.1 Å². The Kier molecular flexibility index (Phi) is 6.23. The van der Waals surface area contributed by atoms with Gasteiger partial charge in [-0.25, -0.2) is 9.59 Å². The Labute approximate surface area is 193 Å². The fourth-order valence-corrected chi connectivity index (χ4v) is 4.37. The molecule has 2 amide bonds. The lowest BCUT2D eigenvalue weighted by molar-refractivity contribution is 0.0196. The summed E-state index contributed by atoms with van der Waals surface area (Å²) < 4.78 is 14.0. The molecule has 0 aliphatic carbocycles. The standard InChI is InChI=1S/C24H32N4O5/c1-24(2,3)33-23(31)26-13-14-27-19(16-26)20-21(29)25(11-5-6-12-28(20)22(27)30)15-17-7-9-18(32-4)10-8-17/h7-10H,5-6,11-16H2,1-4H3. The van der Waals surface area contributed by atoms with Gasteiger partial charge in [0.05, 0.1) is 19.3 Å². The highest BCUT2D eigenvalue weighted by Gasteiger charge is 2.35. The number of rotatable bonds is 3. The zero-order chi connectivity index (χ0) is 23.8. The van der Waals surface area contributed by atoms with Gasteiger partial charge in [-0.3, -0.25) is 13.9 Å². The van der Waals surface area contributed by atoms with Crippen LogP contribution in [0.1, 0.15) is 55.4 Å². The molecule has 178 valence electrons. The average Bonchev–Trinajstić information content (AvgIpc) is 3.04. The summed E-state index contributed by atoms with van der Waals surface area (Å²) in [6.07, 6.45) is 1.19. The number of aromatic nitrogens is 2. The van der Waals surface area contributed by atoms with Crippen LogP contribution in [-0.4, -0.2) is 56.7 Å². The quantitative estimate of drug-likeness (QED) is 0.709. The molecule has 9 nitrogen and oxygen atoms in total. The van der Waals surface area contributed by atoms with Crippen molar-refractivity contribution in [2.24, 2.45) is 0 Å². The Morgan fingerprint density at radius 1 is 0.970 bits per heavy atom. The Morgan fingerprint density at radius 2 is 1.67 bits per heavy atom. The van der Waals surface area contributed by atoms with Crippen LogP contribution in [0, 0.1) is 0 Å². The van der Waals surface area contributed by atoms with Gasteiger partial charge in [0.2, 0.25) is 0 Å². The number of ether oxygens (including phenoxy) is 2. The number of carbonyl (C=O) groups excluding carboxylic acids is 2. The molecule has 0 unspecified atom stereocenters. The van der Waals surface area contributed by atoms with Gasteiger partial charge in [0.15, 0.2) is 0 Å². The number of imidazole rings is 1. The van der Waals surface area contributed by atoms with E-state index in [1.54, 1.807) is 26.0 Å². The lowest BCUT2D eigenvalue weighted by atomic mass is 10.1. The molecule has 0 saturated heterocycles. The van der Waals surface area contributed by atoms with Crippen LogP contribution in [0.25, 0.3) is 0 Å². The van der Waals surface area contributed by atoms with Crippen LogP contribution in [-0.2, 0) is 30.9 Å². The van der Waals surface area contributed by atoms with Gasteiger partial charge in [-0.1, -0.05) is 12.1 Å². The summed E-state index contributed by atoms with van der Waals surface area (Å²) in [7, 11) is 1.62. The van der Waals surface area contributed by atoms with Crippen molar-refractivity contribution >= 4 is 12.0 Å². The predicted octanol–water partition coefficient (Wildman–Crippen LogP) is 2.85. The molecule has 2 aromatic rings. The smallest absolute Gasteiger partial charge is 0.410 e. The average molecular weight is 457 g/mol. The highest BCUT2D eigenvalue weighted by molar-refractivity contribution is 5.94. The second-order valence-corrected chi connectivity index (χ2v) is 9.56. The molecule has 0 radical (unpaired) electrons. The summed E-state index contributed by atoms with van der Waals surface area (Å²) in [6, 6.07) is 7.63. The Hall–Kier alpha value is -3.23. The van der Waals surface area contributed by atoms with Gasteiger partial charge in [-0.2, -0.15) is 0 Å². The number of methoxy groups -OCH3 is 1. The first-order chi connectivity index (χ1) is 15.7. The van der Waals surface area contributed by atoms with E-state index in [9.17, 15) is 14.4 Å². The fourth-order valence-electron chi connectivity index (χ4n) is 4.37. The molecule has 1 aromatic carbocycles. The van der Waals surface area contributed by atoms with Gasteiger partial charge in [-0.15, -0.1) is 0 Å². The topological polar surface area (TPSA) is 86.0 Å². The minimum atomic E-state index is -0.616. The number of carbonyl (C=O) groups is 2. The summed E-state index contributed by atoms with van der Waals surface area (Å²) in [6.45, 7) is 7.90. The third kappa shape index (κ3) is 4.77. The van der Waals surface area contributed by atoms with E-state index < -0.39 is 11.7 Å². The van der Waals surface area contributed by atoms with Crippen molar-refractivity contribution in [3.63, 3.8) is 0 Å². The molecular weight excluding hydrogens is 424 g/mol. The van der Waals surface area contributed by atoms with E-state index in [4.69, 9.17) is 9.47 Å². The van der Waals surface area contributed by atoms with Crippen molar-refractivity contribution in [2.75, 3.05) is 20.2 Å². The molecule has 0 atom stereocenters. The van der Waals surface area contributed by atoms with Crippen LogP contribution in [0.2, 0.25) is 0 Å². The highest BCUT2D eigenvalue weighted by atomic mass is 16.6. The van der Waals surface area contributed by atoms with Crippen molar-refractivity contribution in [1.29, 1.82) is 0 Å². The molecule has 1 aromatic heterocycles. The first-order valence-electron chi connectivity index (χ1n) is 11.4. The minimum Gasteiger partial charge on any atom is -0.497 e. The summed E-state index contributed by atoms with van der Waals surface area (Å²) in [4.78, 5) is 42.8. The first kappa shape index (κ1) is 22.9. The monoisotopic (exact) mass is 456 g/mol. The van der Waals surface area contributed by atoms with Crippen molar-refractivity contribution in [2.45, 2.75) is 65.4 Å². The van der Waals surface area contributed by atoms with Crippen molar-refractivity contribution in [1.82, 2.24) is 18.9 Å². The molecule has 33 heavy (non-hydrogen) atoms. The minimum absolute atomic E-state index is 0.175. The normalized spacial score (nSPS) is 16.5. The van der Waals surface area contributed by atoms with Crippen molar-refractivity contribution in [3.8, 4) is 5.75 Å². The summed E-state index contributed by atoms with van der Waals surface area (Å²) >= 11 is 0. The number of benzene rings is 1. The van der Waals surface area contributed by atoms with Crippen molar-refractivity contribution in [3.05, 3.63) is 51.7 Å². The van der Waals surface area contributed by atoms with Gasteiger partial charge < -0.3 is 19.3 Å². The third-order valence-electron chi connectivity index (χ3n) is 6.00. The Morgan fingerprint density at radius 3 is 2.33 bits per heavy atom. The lowest BCUT2D eigenvalue weighted by Crippen LogP contribution is -2.43. The lowest BCUT2D eigenvalue weighted by Gasteiger charge is -2.31. The second-order valence-electron chi connectivity index (χ2n) is 9.56. The van der Waals surface area contributed by atoms with Crippen LogP contribution in [0.4, 0.5) is 4.79 Å². The molecule has 2 aliphatic rings. The van der Waals surface area contributed by atoms with E-state index in [0.717, 1.165) is 24.2 Å². The highest BCUT2D eigenvalue weighted by Crippen LogP contribution is 2.23. The van der Waals surface area contributed by atoms with Gasteiger partial charge in [0.1, 0.15) is 17.0 Å². The van der Waals surface area contributed by atoms with Gasteiger partial charge in [-0.05, 0) is 51.3 Å². The predicted molar refractivity (Wildman–Crippen MR) is 122 cm³/mol. The molecule has 4 rings (SSSR count). The molecule has 0 bridgehead atoms. The molecule has 0 saturated carbocycles. The molecule has 0 spiro atoms. The maximum Gasteiger partial charge on any atom is 0.410 e. The van der Waals surface area contributed by atoms with E-state index in [0.29, 0.717) is 44.1 Å². The molecular formula is C24H32N4O5. The van der Waals surface area contributed by atoms with Gasteiger partial charge >= 0.3 is 11.8 Å². The van der Waals surface area contributed by atoms with Crippen LogP contribution >= 0.6 is 0 Å². The molecule has 3 heterocycles. The van der Waals surface area contributed by atoms with E-state index in [2.05, 4.69) is 0 Å². The number of amides is 2. The number of fused-ring (bicyclic) bond motifs is 3. The third-order valence-corrected chi connectivity index (χ3v) is 6.00. The summed E-state index contributed by atoms with van der Waals surface area (Å²) in [5.41, 5.74) is 1.17. The van der Waals surface area contributed by atoms with E-state index >= 15 is 0 Å². The van der Waals surface area contributed by atoms with E-state index in [1.165, 1.54) is 0 Å². The number of hydrogen-bond acceptors (Lipinski definition) is 5. The Bertz CT molecular complexity index is 1090. The van der Waals surface area contributed by atoms with Gasteiger partial charge in [0.25, 0.3) is 5.91 Å². The van der Waals surface area contributed by atoms with Crippen LogP contribution in [0.5, 0.6) is 5.75 Å². The number of hydrogen-bond donors (Lipinski definition) is 0. The van der Waals surface area contributed by atoms with E-state index in [-0.39, 0.29) is 18.1 Å². The largest absolute Gasteiger partial charge is 0.497 e. The second kappa shape index (κ2) is 8.96. The van der Waals surface area contributed by atoms with E-state index in [1.807, 2.05) is 45.0 Å². The fraction of sp³-hybridized carbons (Fsp3) is 0.542. The Balaban J connectivity index is 1.64. The molecule has 2 aliphatic heterocycles. The van der Waals surface area contributed by atoms with Crippen molar-refractivity contribution < 1.29 is 19.1 Å².